The molecule has 0 aliphatic heterocycles. The van der Waals surface area contributed by atoms with Gasteiger partial charge < -0.3 is 9.73 Å². The number of furan rings is 1. The van der Waals surface area contributed by atoms with E-state index in [0.717, 1.165) is 0 Å². The molecule has 0 aliphatic carbocycles. The number of carbonyl (C=O) groups excluding carboxylic acids is 1. The molecular weight excluding hydrogens is 400 g/mol. The molecule has 0 aliphatic rings. The lowest BCUT2D eigenvalue weighted by Crippen LogP contribution is -2.27. The second-order valence-corrected chi connectivity index (χ2v) is 8.47. The molecule has 0 spiro atoms. The maximum Gasteiger partial charge on any atom is 0.275 e. The molecule has 28 heavy (non-hydrogen) atoms. The molecule has 0 saturated heterocycles. The normalized spacial score (nSPS) is 12.3. The van der Waals surface area contributed by atoms with Crippen LogP contribution in [0.3, 0.4) is 0 Å². The number of rotatable bonds is 6. The molecule has 3 aromatic rings. The summed E-state index contributed by atoms with van der Waals surface area (Å²) in [5.41, 5.74) is 1.12. The van der Waals surface area contributed by atoms with Crippen molar-refractivity contribution in [1.29, 1.82) is 5.26 Å². The van der Waals surface area contributed by atoms with Crippen molar-refractivity contribution in [3.8, 4) is 16.7 Å². The van der Waals surface area contributed by atoms with E-state index in [9.17, 15) is 18.5 Å². The van der Waals surface area contributed by atoms with Gasteiger partial charge in [-0.25, -0.2) is 13.4 Å². The standard InChI is InChI=1S/C18H16N4O4S2/c1-11-17(27-18(20-11)21-12(2)23)15-8-9-16(26-15)28(24,25)22-14(10-19)13-6-4-3-5-7-13/h3-9,14,22H,1-2H3,(H,20,21,23). The first-order chi connectivity index (χ1) is 13.3. The van der Waals surface area contributed by atoms with Gasteiger partial charge in [-0.3, -0.25) is 4.79 Å². The lowest BCUT2D eigenvalue weighted by Gasteiger charge is -2.10. The number of thiazole rings is 1. The molecule has 1 aromatic carbocycles. The summed E-state index contributed by atoms with van der Waals surface area (Å²) in [7, 11) is -4.06. The molecule has 10 heteroatoms. The highest BCUT2D eigenvalue weighted by Crippen LogP contribution is 2.34. The monoisotopic (exact) mass is 416 g/mol. The Labute approximate surface area is 165 Å². The van der Waals surface area contributed by atoms with Gasteiger partial charge in [0, 0.05) is 6.92 Å². The van der Waals surface area contributed by atoms with Crippen LogP contribution in [0.15, 0.2) is 52.0 Å². The van der Waals surface area contributed by atoms with E-state index in [4.69, 9.17) is 4.42 Å². The number of anilines is 1. The van der Waals surface area contributed by atoms with Crippen LogP contribution in [0.25, 0.3) is 10.6 Å². The number of amides is 1. The second kappa shape index (κ2) is 7.93. The van der Waals surface area contributed by atoms with Gasteiger partial charge in [0.2, 0.25) is 11.0 Å². The summed E-state index contributed by atoms with van der Waals surface area (Å²) in [6.07, 6.45) is 0. The van der Waals surface area contributed by atoms with Crippen LogP contribution in [0.5, 0.6) is 0 Å². The Balaban J connectivity index is 1.86. The van der Waals surface area contributed by atoms with E-state index in [1.165, 1.54) is 30.4 Å². The average molecular weight is 416 g/mol. The van der Waals surface area contributed by atoms with Crippen molar-refractivity contribution in [2.24, 2.45) is 0 Å². The average Bonchev–Trinajstić information content (AvgIpc) is 3.27. The largest absolute Gasteiger partial charge is 0.442 e. The summed E-state index contributed by atoms with van der Waals surface area (Å²) in [4.78, 5) is 16.0. The molecule has 0 fully saturated rings. The van der Waals surface area contributed by atoms with E-state index in [1.807, 2.05) is 6.07 Å². The number of nitrogens with zero attached hydrogens (tertiary/aromatic N) is 2. The lowest BCUT2D eigenvalue weighted by molar-refractivity contribution is -0.114. The van der Waals surface area contributed by atoms with Crippen LogP contribution >= 0.6 is 11.3 Å². The second-order valence-electron chi connectivity index (χ2n) is 5.83. The van der Waals surface area contributed by atoms with Gasteiger partial charge in [0.15, 0.2) is 5.13 Å². The lowest BCUT2D eigenvalue weighted by atomic mass is 10.1. The van der Waals surface area contributed by atoms with Crippen LogP contribution in [0.4, 0.5) is 5.13 Å². The number of aromatic nitrogens is 1. The number of hydrogen-bond acceptors (Lipinski definition) is 7. The molecule has 0 bridgehead atoms. The Hall–Kier alpha value is -3.00. The van der Waals surface area contributed by atoms with E-state index in [0.29, 0.717) is 27.0 Å². The topological polar surface area (TPSA) is 125 Å². The minimum atomic E-state index is -4.06. The highest BCUT2D eigenvalue weighted by atomic mass is 32.2. The first-order valence-corrected chi connectivity index (χ1v) is 10.4. The van der Waals surface area contributed by atoms with Crippen LogP contribution in [-0.2, 0) is 14.8 Å². The number of sulfonamides is 1. The highest BCUT2D eigenvalue weighted by Gasteiger charge is 2.25. The summed E-state index contributed by atoms with van der Waals surface area (Å²) in [6, 6.07) is 12.3. The Morgan fingerprint density at radius 3 is 2.61 bits per heavy atom. The van der Waals surface area contributed by atoms with Gasteiger partial charge in [-0.05, 0) is 24.6 Å². The van der Waals surface area contributed by atoms with E-state index >= 15 is 0 Å². The molecule has 2 aromatic heterocycles. The van der Waals surface area contributed by atoms with Gasteiger partial charge in [-0.15, -0.1) is 0 Å². The van der Waals surface area contributed by atoms with Crippen molar-refractivity contribution in [1.82, 2.24) is 9.71 Å². The van der Waals surface area contributed by atoms with Gasteiger partial charge in [0.1, 0.15) is 11.8 Å². The van der Waals surface area contributed by atoms with E-state index in [2.05, 4.69) is 15.0 Å². The number of nitriles is 1. The molecule has 2 heterocycles. The number of hydrogen-bond donors (Lipinski definition) is 2. The zero-order valence-electron chi connectivity index (χ0n) is 15.0. The molecule has 3 rings (SSSR count). The Bertz CT molecular complexity index is 1140. The highest BCUT2D eigenvalue weighted by molar-refractivity contribution is 7.89. The van der Waals surface area contributed by atoms with Crippen molar-refractivity contribution < 1.29 is 17.6 Å². The third kappa shape index (κ3) is 4.28. The molecular formula is C18H16N4O4S2. The van der Waals surface area contributed by atoms with Gasteiger partial charge in [-0.2, -0.15) is 9.98 Å². The minimum Gasteiger partial charge on any atom is -0.442 e. The van der Waals surface area contributed by atoms with E-state index < -0.39 is 16.1 Å². The SMILES string of the molecule is CC(=O)Nc1nc(C)c(-c2ccc(S(=O)(=O)NC(C#N)c3ccccc3)o2)s1. The maximum absolute atomic E-state index is 12.6. The van der Waals surface area contributed by atoms with Crippen molar-refractivity contribution in [2.75, 3.05) is 5.32 Å². The van der Waals surface area contributed by atoms with Crippen LogP contribution in [0, 0.1) is 18.3 Å². The van der Waals surface area contributed by atoms with Crippen LogP contribution in [-0.4, -0.2) is 19.3 Å². The van der Waals surface area contributed by atoms with Crippen LogP contribution in [0.1, 0.15) is 24.2 Å². The van der Waals surface area contributed by atoms with E-state index in [1.54, 1.807) is 37.3 Å². The first kappa shape index (κ1) is 19.8. The number of aryl methyl sites for hydroxylation is 1. The number of nitrogens with one attached hydrogen (secondary N) is 2. The van der Waals surface area contributed by atoms with Gasteiger partial charge in [0.05, 0.1) is 16.6 Å². The Morgan fingerprint density at radius 2 is 1.96 bits per heavy atom. The fourth-order valence-electron chi connectivity index (χ4n) is 2.44. The third-order valence-electron chi connectivity index (χ3n) is 3.68. The van der Waals surface area contributed by atoms with Gasteiger partial charge in [0.25, 0.3) is 10.0 Å². The minimum absolute atomic E-state index is 0.254. The molecule has 1 amide bonds. The predicted molar refractivity (Wildman–Crippen MR) is 104 cm³/mol. The smallest absolute Gasteiger partial charge is 0.275 e. The fraction of sp³-hybridized carbons (Fsp3) is 0.167. The van der Waals surface area contributed by atoms with Gasteiger partial charge in [-0.1, -0.05) is 41.7 Å². The quantitative estimate of drug-likeness (QED) is 0.636. The number of benzene rings is 1. The van der Waals surface area contributed by atoms with Crippen LogP contribution < -0.4 is 10.0 Å². The summed E-state index contributed by atoms with van der Waals surface area (Å²) >= 11 is 1.18. The molecule has 1 atom stereocenters. The Kier molecular flexibility index (Phi) is 5.60. The molecule has 8 nitrogen and oxygen atoms in total. The van der Waals surface area contributed by atoms with Crippen molar-refractivity contribution in [3.63, 3.8) is 0 Å². The molecule has 0 saturated carbocycles. The van der Waals surface area contributed by atoms with Crippen molar-refractivity contribution in [3.05, 3.63) is 53.7 Å². The summed E-state index contributed by atoms with van der Waals surface area (Å²) in [5.74, 6) is 0.0517. The predicted octanol–water partition coefficient (Wildman–Crippen LogP) is 3.21. The third-order valence-corrected chi connectivity index (χ3v) is 6.07. The van der Waals surface area contributed by atoms with Crippen molar-refractivity contribution in [2.45, 2.75) is 25.0 Å². The molecule has 0 radical (unpaired) electrons. The Morgan fingerprint density at radius 1 is 1.25 bits per heavy atom. The first-order valence-electron chi connectivity index (χ1n) is 8.12. The fourth-order valence-corrected chi connectivity index (χ4v) is 4.48. The molecule has 2 N–H and O–H groups in total. The summed E-state index contributed by atoms with van der Waals surface area (Å²) in [6.45, 7) is 3.10. The van der Waals surface area contributed by atoms with Crippen LogP contribution in [0.2, 0.25) is 0 Å². The zero-order chi connectivity index (χ0) is 20.3. The van der Waals surface area contributed by atoms with E-state index in [-0.39, 0.29) is 11.0 Å². The summed E-state index contributed by atoms with van der Waals surface area (Å²) in [5, 5.41) is 12.0. The maximum atomic E-state index is 12.6. The molecule has 144 valence electrons. The summed E-state index contributed by atoms with van der Waals surface area (Å²) < 4.78 is 33.1. The number of carbonyl (C=O) groups is 1. The molecule has 1 unspecified atom stereocenters. The zero-order valence-corrected chi connectivity index (χ0v) is 16.6. The van der Waals surface area contributed by atoms with Crippen molar-refractivity contribution >= 4 is 32.4 Å². The van der Waals surface area contributed by atoms with Gasteiger partial charge >= 0.3 is 0 Å².